The van der Waals surface area contributed by atoms with Gasteiger partial charge in [0.15, 0.2) is 5.78 Å². The number of anilines is 3. The predicted molar refractivity (Wildman–Crippen MR) is 117 cm³/mol. The molecule has 3 aromatic carbocycles. The third-order valence-corrected chi connectivity index (χ3v) is 5.47. The molecule has 0 aliphatic heterocycles. The van der Waals surface area contributed by atoms with Gasteiger partial charge in [0.25, 0.3) is 0 Å². The Labute approximate surface area is 175 Å². The van der Waals surface area contributed by atoms with Crippen LogP contribution in [0.3, 0.4) is 0 Å². The van der Waals surface area contributed by atoms with Crippen molar-refractivity contribution in [1.82, 2.24) is 0 Å². The number of allylic oxidation sites excluding steroid dienone is 2. The highest BCUT2D eigenvalue weighted by atomic mass is 16.1. The van der Waals surface area contributed by atoms with Crippen molar-refractivity contribution in [3.8, 4) is 12.1 Å². The van der Waals surface area contributed by atoms with Gasteiger partial charge in [-0.05, 0) is 55.8 Å². The van der Waals surface area contributed by atoms with Gasteiger partial charge in [0.05, 0.1) is 5.41 Å². The van der Waals surface area contributed by atoms with Gasteiger partial charge in [0, 0.05) is 28.2 Å². The van der Waals surface area contributed by atoms with Crippen molar-refractivity contribution in [2.75, 3.05) is 4.90 Å². The molecule has 1 aliphatic rings. The molecule has 0 spiro atoms. The van der Waals surface area contributed by atoms with Crippen molar-refractivity contribution in [3.63, 3.8) is 0 Å². The number of para-hydroxylation sites is 2. The van der Waals surface area contributed by atoms with Crippen LogP contribution in [0.5, 0.6) is 0 Å². The second-order valence-corrected chi connectivity index (χ2v) is 7.66. The standard InChI is InChI=1S/C26H19N3O/c1-26(2)24(18(16-27)17-28)22-14-13-21(15-23(22)25(26)30)29(19-9-5-3-6-10-19)20-11-7-4-8-12-20/h3-15H,1-2H3. The van der Waals surface area contributed by atoms with E-state index >= 15 is 0 Å². The molecule has 4 nitrogen and oxygen atoms in total. The molecular formula is C26H19N3O. The minimum atomic E-state index is -0.925. The first-order valence-corrected chi connectivity index (χ1v) is 9.63. The summed E-state index contributed by atoms with van der Waals surface area (Å²) in [7, 11) is 0. The molecule has 0 heterocycles. The average Bonchev–Trinajstić information content (AvgIpc) is 2.97. The Morgan fingerprint density at radius 1 is 0.767 bits per heavy atom. The Kier molecular flexibility index (Phi) is 4.70. The van der Waals surface area contributed by atoms with E-state index in [0.29, 0.717) is 16.7 Å². The molecule has 0 saturated heterocycles. The van der Waals surface area contributed by atoms with Crippen LogP contribution in [0.1, 0.15) is 29.8 Å². The van der Waals surface area contributed by atoms with Gasteiger partial charge in [0.1, 0.15) is 17.7 Å². The number of nitrogens with zero attached hydrogens (tertiary/aromatic N) is 3. The Morgan fingerprint density at radius 3 is 1.80 bits per heavy atom. The van der Waals surface area contributed by atoms with Crippen LogP contribution in [0, 0.1) is 28.1 Å². The third-order valence-electron chi connectivity index (χ3n) is 5.47. The molecule has 0 radical (unpaired) electrons. The number of Topliss-reactive ketones (excluding diaryl/α,β-unsaturated/α-hetero) is 1. The zero-order valence-electron chi connectivity index (χ0n) is 16.8. The summed E-state index contributed by atoms with van der Waals surface area (Å²) in [5.74, 6) is -0.0848. The van der Waals surface area contributed by atoms with E-state index in [4.69, 9.17) is 0 Å². The van der Waals surface area contributed by atoms with Crippen molar-refractivity contribution in [2.24, 2.45) is 5.41 Å². The van der Waals surface area contributed by atoms with E-state index in [1.165, 1.54) is 0 Å². The summed E-state index contributed by atoms with van der Waals surface area (Å²) in [6.45, 7) is 3.54. The Balaban J connectivity index is 1.94. The first-order chi connectivity index (χ1) is 14.5. The maximum Gasteiger partial charge on any atom is 0.173 e. The summed E-state index contributed by atoms with van der Waals surface area (Å²) in [5, 5.41) is 18.8. The van der Waals surface area contributed by atoms with Crippen molar-refractivity contribution in [1.29, 1.82) is 10.5 Å². The minimum Gasteiger partial charge on any atom is -0.310 e. The SMILES string of the molecule is CC1(C)C(=O)c2cc(N(c3ccccc3)c3ccccc3)ccc2C1=C(C#N)C#N. The van der Waals surface area contributed by atoms with Crippen molar-refractivity contribution >= 4 is 28.4 Å². The molecule has 0 N–H and O–H groups in total. The smallest absolute Gasteiger partial charge is 0.173 e. The molecular weight excluding hydrogens is 370 g/mol. The fourth-order valence-corrected chi connectivity index (χ4v) is 4.05. The van der Waals surface area contributed by atoms with Crippen LogP contribution in [0.25, 0.3) is 5.57 Å². The lowest BCUT2D eigenvalue weighted by Gasteiger charge is -2.25. The number of benzene rings is 3. The number of carbonyl (C=O) groups excluding carboxylic acids is 1. The van der Waals surface area contributed by atoms with Crippen LogP contribution in [-0.2, 0) is 0 Å². The second-order valence-electron chi connectivity index (χ2n) is 7.66. The van der Waals surface area contributed by atoms with Gasteiger partial charge in [-0.25, -0.2) is 0 Å². The number of nitriles is 2. The average molecular weight is 389 g/mol. The molecule has 144 valence electrons. The van der Waals surface area contributed by atoms with Crippen LogP contribution in [0.4, 0.5) is 17.1 Å². The number of ketones is 1. The predicted octanol–water partition coefficient (Wildman–Crippen LogP) is 6.18. The van der Waals surface area contributed by atoms with E-state index in [-0.39, 0.29) is 11.4 Å². The lowest BCUT2D eigenvalue weighted by Crippen LogP contribution is -2.19. The Hall–Kier alpha value is -4.15. The molecule has 0 amide bonds. The van der Waals surface area contributed by atoms with Gasteiger partial charge >= 0.3 is 0 Å². The third kappa shape index (κ3) is 2.96. The van der Waals surface area contributed by atoms with Gasteiger partial charge in [0.2, 0.25) is 0 Å². The topological polar surface area (TPSA) is 67.9 Å². The maximum atomic E-state index is 13.2. The van der Waals surface area contributed by atoms with Crippen LogP contribution in [-0.4, -0.2) is 5.78 Å². The van der Waals surface area contributed by atoms with Crippen molar-refractivity contribution in [3.05, 3.63) is 95.6 Å². The number of rotatable bonds is 3. The van der Waals surface area contributed by atoms with E-state index in [9.17, 15) is 15.3 Å². The van der Waals surface area contributed by atoms with Gasteiger partial charge in [-0.3, -0.25) is 4.79 Å². The summed E-state index contributed by atoms with van der Waals surface area (Å²) in [6.07, 6.45) is 0. The van der Waals surface area contributed by atoms with Crippen LogP contribution in [0.15, 0.2) is 84.4 Å². The van der Waals surface area contributed by atoms with Crippen molar-refractivity contribution in [2.45, 2.75) is 13.8 Å². The molecule has 1 aliphatic carbocycles. The molecule has 4 rings (SSSR count). The monoisotopic (exact) mass is 389 g/mol. The Bertz CT molecular complexity index is 1190. The van der Waals surface area contributed by atoms with Crippen molar-refractivity contribution < 1.29 is 4.79 Å². The normalized spacial score (nSPS) is 13.9. The number of carbonyl (C=O) groups is 1. The highest BCUT2D eigenvalue weighted by Gasteiger charge is 2.44. The van der Waals surface area contributed by atoms with E-state index in [1.807, 2.05) is 91.0 Å². The zero-order chi connectivity index (χ0) is 21.3. The van der Waals surface area contributed by atoms with Gasteiger partial charge in [-0.2, -0.15) is 10.5 Å². The molecule has 0 unspecified atom stereocenters. The van der Waals surface area contributed by atoms with Gasteiger partial charge < -0.3 is 4.90 Å². The summed E-state index contributed by atoms with van der Waals surface area (Å²) >= 11 is 0. The van der Waals surface area contributed by atoms with E-state index < -0.39 is 5.41 Å². The highest BCUT2D eigenvalue weighted by molar-refractivity contribution is 6.18. The van der Waals surface area contributed by atoms with E-state index in [1.54, 1.807) is 13.8 Å². The van der Waals surface area contributed by atoms with E-state index in [2.05, 4.69) is 4.90 Å². The molecule has 0 aromatic heterocycles. The molecule has 30 heavy (non-hydrogen) atoms. The highest BCUT2D eigenvalue weighted by Crippen LogP contribution is 2.49. The van der Waals surface area contributed by atoms with Crippen LogP contribution < -0.4 is 4.90 Å². The first-order valence-electron chi connectivity index (χ1n) is 9.63. The lowest BCUT2D eigenvalue weighted by molar-refractivity contribution is 0.0905. The fraction of sp³-hybridized carbons (Fsp3) is 0.115. The largest absolute Gasteiger partial charge is 0.310 e. The maximum absolute atomic E-state index is 13.2. The summed E-state index contributed by atoms with van der Waals surface area (Å²) in [5.41, 5.74) is 3.55. The quantitative estimate of drug-likeness (QED) is 0.502. The van der Waals surface area contributed by atoms with E-state index in [0.717, 1.165) is 17.1 Å². The number of hydrogen-bond acceptors (Lipinski definition) is 4. The fourth-order valence-electron chi connectivity index (χ4n) is 4.05. The molecule has 0 saturated carbocycles. The molecule has 0 fully saturated rings. The molecule has 3 aromatic rings. The summed E-state index contributed by atoms with van der Waals surface area (Å²) in [4.78, 5) is 15.3. The lowest BCUT2D eigenvalue weighted by atomic mass is 9.82. The summed E-state index contributed by atoms with van der Waals surface area (Å²) in [6, 6.07) is 29.4. The van der Waals surface area contributed by atoms with Crippen LogP contribution in [0.2, 0.25) is 0 Å². The number of fused-ring (bicyclic) bond motifs is 1. The van der Waals surface area contributed by atoms with Gasteiger partial charge in [-0.15, -0.1) is 0 Å². The van der Waals surface area contributed by atoms with Crippen LogP contribution >= 0.6 is 0 Å². The molecule has 4 heteroatoms. The minimum absolute atomic E-state index is 0.0113. The molecule has 0 atom stereocenters. The number of hydrogen-bond donors (Lipinski definition) is 0. The van der Waals surface area contributed by atoms with Gasteiger partial charge in [-0.1, -0.05) is 42.5 Å². The first kappa shape index (κ1) is 19.2. The zero-order valence-corrected chi connectivity index (χ0v) is 16.8. The Morgan fingerprint density at radius 2 is 1.30 bits per heavy atom. The molecule has 0 bridgehead atoms. The summed E-state index contributed by atoms with van der Waals surface area (Å²) < 4.78 is 0. The second kappa shape index (κ2) is 7.35.